The van der Waals surface area contributed by atoms with Crippen LogP contribution < -0.4 is 0 Å². The van der Waals surface area contributed by atoms with Gasteiger partial charge in [0.25, 0.3) is 0 Å². The summed E-state index contributed by atoms with van der Waals surface area (Å²) < 4.78 is 2.49. The molecule has 20 heavy (non-hydrogen) atoms. The van der Waals surface area contributed by atoms with E-state index >= 15 is 0 Å². The monoisotopic (exact) mass is 265 g/mol. The molecule has 0 spiro atoms. The summed E-state index contributed by atoms with van der Waals surface area (Å²) in [7, 11) is 0. The van der Waals surface area contributed by atoms with Crippen LogP contribution in [-0.2, 0) is 18.4 Å². The van der Waals surface area contributed by atoms with Crippen LogP contribution in [0.3, 0.4) is 0 Å². The van der Waals surface area contributed by atoms with Crippen LogP contribution in [0.2, 0.25) is 0 Å². The maximum atomic E-state index is 3.96. The molecule has 0 amide bonds. The zero-order chi connectivity index (χ0) is 14.3. The predicted octanol–water partition coefficient (Wildman–Crippen LogP) is 4.92. The van der Waals surface area contributed by atoms with E-state index in [4.69, 9.17) is 0 Å². The van der Waals surface area contributed by atoms with E-state index in [1.165, 1.54) is 35.0 Å². The molecule has 0 saturated heterocycles. The molecular weight excluding hydrogens is 242 g/mol. The van der Waals surface area contributed by atoms with Crippen molar-refractivity contribution in [2.75, 3.05) is 0 Å². The lowest BCUT2D eigenvalue weighted by molar-refractivity contribution is 0.448. The van der Waals surface area contributed by atoms with Crippen LogP contribution in [-0.4, -0.2) is 4.57 Å². The largest absolute Gasteiger partial charge is 0.340 e. The van der Waals surface area contributed by atoms with Gasteiger partial charge in [-0.25, -0.2) is 0 Å². The van der Waals surface area contributed by atoms with Crippen molar-refractivity contribution in [3.63, 3.8) is 0 Å². The third-order valence-electron chi connectivity index (χ3n) is 4.79. The maximum absolute atomic E-state index is 3.96. The Hall–Kier alpha value is -1.76. The van der Waals surface area contributed by atoms with Crippen LogP contribution in [0.5, 0.6) is 0 Å². The number of nitrogens with zero attached hydrogens (tertiary/aromatic N) is 1. The fourth-order valence-corrected chi connectivity index (χ4v) is 3.95. The molecule has 1 heterocycles. The minimum Gasteiger partial charge on any atom is -0.340 e. The highest BCUT2D eigenvalue weighted by Gasteiger charge is 2.38. The van der Waals surface area contributed by atoms with Gasteiger partial charge >= 0.3 is 0 Å². The van der Waals surface area contributed by atoms with Crippen LogP contribution in [0.1, 0.15) is 36.6 Å². The summed E-state index contributed by atoms with van der Waals surface area (Å²) in [5.74, 6) is 0. The molecule has 104 valence electrons. The van der Waals surface area contributed by atoms with Crippen LogP contribution in [0.4, 0.5) is 0 Å². The van der Waals surface area contributed by atoms with Gasteiger partial charge in [-0.15, -0.1) is 13.2 Å². The molecule has 1 atom stereocenters. The molecule has 0 aliphatic heterocycles. The lowest BCUT2D eigenvalue weighted by Crippen LogP contribution is -2.21. The van der Waals surface area contributed by atoms with Crippen molar-refractivity contribution >= 4 is 10.9 Å². The average molecular weight is 265 g/mol. The molecule has 1 aromatic heterocycles. The SMILES string of the molecule is C=CCn1c2c(c3cccc(C)c31)CCC2(C)CC=C. The first kappa shape index (κ1) is 13.2. The summed E-state index contributed by atoms with van der Waals surface area (Å²) in [6.45, 7) is 13.4. The van der Waals surface area contributed by atoms with Gasteiger partial charge in [-0.1, -0.05) is 37.3 Å². The molecule has 0 N–H and O–H groups in total. The standard InChI is InChI=1S/C19H23N/c1-5-11-19(4)12-10-16-15-9-7-8-14(3)17(15)20(13-6-2)18(16)19/h5-9H,1-2,10-13H2,3-4H3. The Balaban J connectivity index is 2.36. The molecule has 0 fully saturated rings. The summed E-state index contributed by atoms with van der Waals surface area (Å²) >= 11 is 0. The first-order valence-corrected chi connectivity index (χ1v) is 7.45. The lowest BCUT2D eigenvalue weighted by Gasteiger charge is -2.26. The van der Waals surface area contributed by atoms with E-state index in [0.717, 1.165) is 13.0 Å². The minimum absolute atomic E-state index is 0.228. The molecule has 1 aliphatic carbocycles. The van der Waals surface area contributed by atoms with Crippen LogP contribution >= 0.6 is 0 Å². The number of allylic oxidation sites excluding steroid dienone is 2. The van der Waals surface area contributed by atoms with Gasteiger partial charge in [0.2, 0.25) is 0 Å². The van der Waals surface area contributed by atoms with Gasteiger partial charge in [0, 0.05) is 23.0 Å². The second-order valence-corrected chi connectivity index (χ2v) is 6.25. The summed E-state index contributed by atoms with van der Waals surface area (Å²) in [5.41, 5.74) is 6.05. The van der Waals surface area contributed by atoms with E-state index in [9.17, 15) is 0 Å². The summed E-state index contributed by atoms with van der Waals surface area (Å²) in [6.07, 6.45) is 7.54. The average Bonchev–Trinajstić information content (AvgIpc) is 2.90. The predicted molar refractivity (Wildman–Crippen MR) is 87.4 cm³/mol. The van der Waals surface area contributed by atoms with Gasteiger partial charge in [-0.2, -0.15) is 0 Å². The zero-order valence-electron chi connectivity index (χ0n) is 12.6. The molecule has 1 aliphatic rings. The molecule has 0 saturated carbocycles. The third kappa shape index (κ3) is 1.69. The van der Waals surface area contributed by atoms with Crippen LogP contribution in [0, 0.1) is 6.92 Å². The molecular formula is C19H23N. The molecule has 1 nitrogen and oxygen atoms in total. The zero-order valence-corrected chi connectivity index (χ0v) is 12.6. The van der Waals surface area contributed by atoms with Crippen molar-refractivity contribution < 1.29 is 0 Å². The Morgan fingerprint density at radius 2 is 2.10 bits per heavy atom. The molecule has 0 bridgehead atoms. The first-order valence-electron chi connectivity index (χ1n) is 7.45. The van der Waals surface area contributed by atoms with Crippen molar-refractivity contribution in [2.45, 2.75) is 45.1 Å². The molecule has 1 unspecified atom stereocenters. The van der Waals surface area contributed by atoms with Gasteiger partial charge < -0.3 is 4.57 Å². The number of aryl methyl sites for hydroxylation is 2. The molecule has 0 radical (unpaired) electrons. The summed E-state index contributed by atoms with van der Waals surface area (Å²) in [6, 6.07) is 6.67. The number of hydrogen-bond acceptors (Lipinski definition) is 0. The minimum atomic E-state index is 0.228. The highest BCUT2D eigenvalue weighted by atomic mass is 15.0. The van der Waals surface area contributed by atoms with Crippen LogP contribution in [0.15, 0.2) is 43.5 Å². The third-order valence-corrected chi connectivity index (χ3v) is 4.79. The molecule has 2 aromatic rings. The number of aromatic nitrogens is 1. The highest BCUT2D eigenvalue weighted by Crippen LogP contribution is 2.46. The fraction of sp³-hybridized carbons (Fsp3) is 0.368. The Morgan fingerprint density at radius 3 is 2.80 bits per heavy atom. The normalized spacial score (nSPS) is 21.1. The van der Waals surface area contributed by atoms with Gasteiger partial charge in [-0.3, -0.25) is 0 Å². The Bertz CT molecular complexity index is 689. The van der Waals surface area contributed by atoms with Crippen molar-refractivity contribution in [1.82, 2.24) is 4.57 Å². The highest BCUT2D eigenvalue weighted by molar-refractivity contribution is 5.89. The van der Waals surface area contributed by atoms with Crippen molar-refractivity contribution in [3.05, 3.63) is 60.3 Å². The molecule has 3 rings (SSSR count). The Morgan fingerprint density at radius 1 is 1.30 bits per heavy atom. The number of hydrogen-bond donors (Lipinski definition) is 0. The van der Waals surface area contributed by atoms with Gasteiger partial charge in [-0.05, 0) is 37.3 Å². The second-order valence-electron chi connectivity index (χ2n) is 6.25. The topological polar surface area (TPSA) is 4.93 Å². The molecule has 1 aromatic carbocycles. The summed E-state index contributed by atoms with van der Waals surface area (Å²) in [5, 5.41) is 1.44. The lowest BCUT2D eigenvalue weighted by atomic mass is 9.84. The number of rotatable bonds is 4. The van der Waals surface area contributed by atoms with E-state index in [2.05, 4.69) is 55.8 Å². The maximum Gasteiger partial charge on any atom is 0.0518 e. The van der Waals surface area contributed by atoms with E-state index in [1.54, 1.807) is 5.56 Å². The quantitative estimate of drug-likeness (QED) is 0.692. The van der Waals surface area contributed by atoms with Crippen molar-refractivity contribution in [1.29, 1.82) is 0 Å². The van der Waals surface area contributed by atoms with E-state index in [1.807, 2.05) is 6.08 Å². The van der Waals surface area contributed by atoms with Crippen molar-refractivity contribution in [2.24, 2.45) is 0 Å². The smallest absolute Gasteiger partial charge is 0.0518 e. The number of benzene rings is 1. The Labute approximate surface area is 121 Å². The number of fused-ring (bicyclic) bond motifs is 3. The van der Waals surface area contributed by atoms with Gasteiger partial charge in [0.1, 0.15) is 0 Å². The number of para-hydroxylation sites is 1. The van der Waals surface area contributed by atoms with E-state index in [0.29, 0.717) is 0 Å². The Kier molecular flexibility index (Phi) is 3.08. The van der Waals surface area contributed by atoms with Crippen molar-refractivity contribution in [3.8, 4) is 0 Å². The van der Waals surface area contributed by atoms with Crippen LogP contribution in [0.25, 0.3) is 10.9 Å². The second kappa shape index (κ2) is 4.66. The summed E-state index contributed by atoms with van der Waals surface area (Å²) in [4.78, 5) is 0. The van der Waals surface area contributed by atoms with E-state index in [-0.39, 0.29) is 5.41 Å². The van der Waals surface area contributed by atoms with Gasteiger partial charge in [0.05, 0.1) is 5.52 Å². The fourth-order valence-electron chi connectivity index (χ4n) is 3.95. The van der Waals surface area contributed by atoms with Gasteiger partial charge in [0.15, 0.2) is 0 Å². The molecule has 1 heteroatoms. The first-order chi connectivity index (χ1) is 9.62. The van der Waals surface area contributed by atoms with E-state index < -0.39 is 0 Å².